The van der Waals surface area contributed by atoms with Crippen LogP contribution >= 0.6 is 11.6 Å². The number of benzene rings is 2. The molecule has 0 saturated heterocycles. The highest BCUT2D eigenvalue weighted by molar-refractivity contribution is 6.31. The second-order valence-electron chi connectivity index (χ2n) is 5.21. The van der Waals surface area contributed by atoms with Crippen LogP contribution in [0.1, 0.15) is 37.0 Å². The Bertz CT molecular complexity index is 729. The van der Waals surface area contributed by atoms with E-state index in [2.05, 4.69) is 0 Å². The van der Waals surface area contributed by atoms with Crippen LogP contribution < -0.4 is 0 Å². The molecule has 2 aromatic carbocycles. The lowest BCUT2D eigenvalue weighted by Crippen LogP contribution is -2.00. The van der Waals surface area contributed by atoms with Gasteiger partial charge in [-0.2, -0.15) is 0 Å². The number of rotatable bonds is 5. The number of carbonyl (C=O) groups is 2. The molecule has 3 heteroatoms. The maximum atomic E-state index is 12.2. The molecule has 0 aliphatic heterocycles. The molecule has 108 valence electrons. The Hall–Kier alpha value is -1.93. The Balaban J connectivity index is 2.16. The molecular weight excluding hydrogens is 284 g/mol. The van der Waals surface area contributed by atoms with Gasteiger partial charge in [-0.1, -0.05) is 35.4 Å². The summed E-state index contributed by atoms with van der Waals surface area (Å²) in [7, 11) is 0. The number of halogens is 1. The Morgan fingerprint density at radius 3 is 2.43 bits per heavy atom. The van der Waals surface area contributed by atoms with Gasteiger partial charge in [0.15, 0.2) is 5.78 Å². The first-order chi connectivity index (χ1) is 10.0. The van der Waals surface area contributed by atoms with Gasteiger partial charge in [-0.25, -0.2) is 0 Å². The molecule has 0 amide bonds. The third-order valence-electron chi connectivity index (χ3n) is 3.70. The highest BCUT2D eigenvalue weighted by Gasteiger charge is 2.08. The molecule has 0 aromatic heterocycles. The maximum absolute atomic E-state index is 12.2. The van der Waals surface area contributed by atoms with Crippen LogP contribution in [0, 0.1) is 0 Å². The Morgan fingerprint density at radius 1 is 1.05 bits per heavy atom. The lowest BCUT2D eigenvalue weighted by Gasteiger charge is -2.05. The van der Waals surface area contributed by atoms with E-state index >= 15 is 0 Å². The maximum Gasteiger partial charge on any atom is 0.163 e. The second-order valence-corrected chi connectivity index (χ2v) is 5.65. The number of carbonyl (C=O) groups excluding carboxylic acids is 2. The van der Waals surface area contributed by atoms with Crippen LogP contribution in [0.5, 0.6) is 0 Å². The first-order valence-electron chi connectivity index (χ1n) is 6.85. The molecule has 0 radical (unpaired) electrons. The first-order valence-corrected chi connectivity index (χ1v) is 7.23. The molecule has 0 atom stereocenters. The third-order valence-corrected chi connectivity index (χ3v) is 3.94. The predicted octanol–water partition coefficient (Wildman–Crippen LogP) is 4.99. The van der Waals surface area contributed by atoms with Gasteiger partial charge in [-0.15, -0.1) is 0 Å². The van der Waals surface area contributed by atoms with Crippen molar-refractivity contribution in [3.8, 4) is 0 Å². The molecule has 0 aliphatic carbocycles. The van der Waals surface area contributed by atoms with Crippen LogP contribution in [-0.4, -0.2) is 12.1 Å². The average Bonchev–Trinajstić information content (AvgIpc) is 2.50. The number of hydrogen-bond donors (Lipinski definition) is 0. The van der Waals surface area contributed by atoms with Crippen molar-refractivity contribution in [3.63, 3.8) is 0 Å². The van der Waals surface area contributed by atoms with E-state index < -0.39 is 0 Å². The van der Waals surface area contributed by atoms with Crippen LogP contribution in [0.4, 0.5) is 0 Å². The normalized spacial score (nSPS) is 12.1. The molecule has 21 heavy (non-hydrogen) atoms. The summed E-state index contributed by atoms with van der Waals surface area (Å²) in [5, 5.41) is 2.71. The van der Waals surface area contributed by atoms with Gasteiger partial charge in [0.1, 0.15) is 6.29 Å². The summed E-state index contributed by atoms with van der Waals surface area (Å²) in [6, 6.07) is 11.2. The zero-order valence-corrected chi connectivity index (χ0v) is 12.9. The van der Waals surface area contributed by atoms with Crippen LogP contribution in [0.3, 0.4) is 0 Å². The highest BCUT2D eigenvalue weighted by Crippen LogP contribution is 2.22. The molecule has 0 unspecified atom stereocenters. The second kappa shape index (κ2) is 6.68. The van der Waals surface area contributed by atoms with E-state index in [1.54, 1.807) is 6.92 Å². The summed E-state index contributed by atoms with van der Waals surface area (Å²) in [6.45, 7) is 3.66. The topological polar surface area (TPSA) is 34.1 Å². The molecular formula is C18H17ClO2. The standard InChI is InChI=1S/C18H17ClO2/c1-12(13(2)11-20)3-8-18(21)16-5-4-15-10-17(19)7-6-14(15)9-16/h4-7,9-11H,3,8H2,1-2H3. The van der Waals surface area contributed by atoms with E-state index in [1.165, 1.54) is 0 Å². The van der Waals surface area contributed by atoms with E-state index in [0.717, 1.165) is 22.6 Å². The summed E-state index contributed by atoms with van der Waals surface area (Å²) in [6.07, 6.45) is 1.86. The summed E-state index contributed by atoms with van der Waals surface area (Å²) in [5.41, 5.74) is 2.36. The number of allylic oxidation sites excluding steroid dienone is 2. The average molecular weight is 301 g/mol. The number of aldehydes is 1. The molecule has 2 rings (SSSR count). The van der Waals surface area contributed by atoms with E-state index in [9.17, 15) is 9.59 Å². The van der Waals surface area contributed by atoms with Gasteiger partial charge in [0, 0.05) is 17.0 Å². The lowest BCUT2D eigenvalue weighted by molar-refractivity contribution is -0.104. The SMILES string of the molecule is CC(C=O)=C(C)CCC(=O)c1ccc2cc(Cl)ccc2c1. The van der Waals surface area contributed by atoms with E-state index in [-0.39, 0.29) is 5.78 Å². The van der Waals surface area contributed by atoms with Crippen molar-refractivity contribution in [1.82, 2.24) is 0 Å². The van der Waals surface area contributed by atoms with Crippen LogP contribution in [0.25, 0.3) is 10.8 Å². The first kappa shape index (κ1) is 15.5. The van der Waals surface area contributed by atoms with Crippen molar-refractivity contribution in [3.05, 3.63) is 58.1 Å². The molecule has 2 nitrogen and oxygen atoms in total. The number of hydrogen-bond acceptors (Lipinski definition) is 2. The van der Waals surface area contributed by atoms with Crippen molar-refractivity contribution >= 4 is 34.4 Å². The molecule has 0 fully saturated rings. The molecule has 0 aliphatic rings. The number of ketones is 1. The molecule has 0 N–H and O–H groups in total. The number of fused-ring (bicyclic) bond motifs is 1. The minimum atomic E-state index is 0.0879. The van der Waals surface area contributed by atoms with Gasteiger partial charge in [0.05, 0.1) is 0 Å². The molecule has 2 aromatic rings. The molecule has 0 spiro atoms. The Kier molecular flexibility index (Phi) is 4.92. The van der Waals surface area contributed by atoms with E-state index in [1.807, 2.05) is 43.3 Å². The van der Waals surface area contributed by atoms with Gasteiger partial charge in [0.2, 0.25) is 0 Å². The molecule has 0 saturated carbocycles. The van der Waals surface area contributed by atoms with E-state index in [0.29, 0.717) is 29.0 Å². The highest BCUT2D eigenvalue weighted by atomic mass is 35.5. The fraction of sp³-hybridized carbons (Fsp3) is 0.222. The van der Waals surface area contributed by atoms with Gasteiger partial charge in [0.25, 0.3) is 0 Å². The third kappa shape index (κ3) is 3.79. The number of Topliss-reactive ketones (excluding diaryl/α,β-unsaturated/α-hetero) is 1. The van der Waals surface area contributed by atoms with Gasteiger partial charge in [-0.05, 0) is 54.8 Å². The Morgan fingerprint density at radius 2 is 1.71 bits per heavy atom. The zero-order valence-electron chi connectivity index (χ0n) is 12.2. The van der Waals surface area contributed by atoms with Crippen molar-refractivity contribution in [1.29, 1.82) is 0 Å². The summed E-state index contributed by atoms with van der Waals surface area (Å²) in [5.74, 6) is 0.0879. The zero-order chi connectivity index (χ0) is 15.4. The minimum absolute atomic E-state index is 0.0879. The van der Waals surface area contributed by atoms with Crippen LogP contribution in [0.15, 0.2) is 47.5 Å². The predicted molar refractivity (Wildman–Crippen MR) is 87.0 cm³/mol. The monoisotopic (exact) mass is 300 g/mol. The minimum Gasteiger partial charge on any atom is -0.298 e. The van der Waals surface area contributed by atoms with Gasteiger partial charge < -0.3 is 0 Å². The van der Waals surface area contributed by atoms with Gasteiger partial charge in [-0.3, -0.25) is 9.59 Å². The van der Waals surface area contributed by atoms with Crippen molar-refractivity contribution in [2.45, 2.75) is 26.7 Å². The molecule has 0 bridgehead atoms. The Labute approximate surface area is 129 Å². The molecule has 0 heterocycles. The largest absolute Gasteiger partial charge is 0.298 e. The fourth-order valence-corrected chi connectivity index (χ4v) is 2.31. The smallest absolute Gasteiger partial charge is 0.163 e. The quantitative estimate of drug-likeness (QED) is 0.443. The summed E-state index contributed by atoms with van der Waals surface area (Å²) in [4.78, 5) is 22.9. The van der Waals surface area contributed by atoms with Crippen molar-refractivity contribution < 1.29 is 9.59 Å². The lowest BCUT2D eigenvalue weighted by atomic mass is 9.99. The van der Waals surface area contributed by atoms with Crippen molar-refractivity contribution in [2.75, 3.05) is 0 Å². The van der Waals surface area contributed by atoms with Gasteiger partial charge >= 0.3 is 0 Å². The van der Waals surface area contributed by atoms with Crippen LogP contribution in [-0.2, 0) is 4.79 Å². The summed E-state index contributed by atoms with van der Waals surface area (Å²) < 4.78 is 0. The summed E-state index contributed by atoms with van der Waals surface area (Å²) >= 11 is 5.95. The fourth-order valence-electron chi connectivity index (χ4n) is 2.13. The van der Waals surface area contributed by atoms with Crippen molar-refractivity contribution in [2.24, 2.45) is 0 Å². The van der Waals surface area contributed by atoms with Crippen LogP contribution in [0.2, 0.25) is 5.02 Å². The van der Waals surface area contributed by atoms with E-state index in [4.69, 9.17) is 11.6 Å².